The number of aliphatic hydroxyl groups is 1. The standard InChI is InChI=1S/C12H18N2O/c15-10-12(11-5-4-6-13-9-11)14-7-2-1-3-8-14/h4-6,9,12,15H,1-3,7-8,10H2/t12-/m1/s1. The summed E-state index contributed by atoms with van der Waals surface area (Å²) in [5.41, 5.74) is 1.13. The van der Waals surface area contributed by atoms with E-state index in [2.05, 4.69) is 9.88 Å². The SMILES string of the molecule is OC[C@H](c1cccnc1)N1CCCCC1. The molecule has 1 atom stereocenters. The van der Waals surface area contributed by atoms with Gasteiger partial charge in [-0.2, -0.15) is 0 Å². The van der Waals surface area contributed by atoms with Gasteiger partial charge in [-0.05, 0) is 37.6 Å². The Morgan fingerprint density at radius 3 is 2.73 bits per heavy atom. The molecule has 0 spiro atoms. The minimum atomic E-state index is 0.138. The fraction of sp³-hybridized carbons (Fsp3) is 0.583. The van der Waals surface area contributed by atoms with E-state index in [1.54, 1.807) is 6.20 Å². The minimum Gasteiger partial charge on any atom is -0.394 e. The molecule has 82 valence electrons. The van der Waals surface area contributed by atoms with Gasteiger partial charge >= 0.3 is 0 Å². The average Bonchev–Trinajstić information content (AvgIpc) is 2.33. The van der Waals surface area contributed by atoms with Gasteiger partial charge in [-0.3, -0.25) is 9.88 Å². The van der Waals surface area contributed by atoms with E-state index < -0.39 is 0 Å². The Labute approximate surface area is 90.8 Å². The normalized spacial score (nSPS) is 20.1. The summed E-state index contributed by atoms with van der Waals surface area (Å²) in [5, 5.41) is 9.46. The molecule has 1 saturated heterocycles. The van der Waals surface area contributed by atoms with Crippen LogP contribution >= 0.6 is 0 Å². The zero-order valence-electron chi connectivity index (χ0n) is 8.97. The highest BCUT2D eigenvalue weighted by Crippen LogP contribution is 2.23. The molecule has 3 nitrogen and oxygen atoms in total. The summed E-state index contributed by atoms with van der Waals surface area (Å²) in [6.07, 6.45) is 7.44. The van der Waals surface area contributed by atoms with Crippen LogP contribution in [0.4, 0.5) is 0 Å². The van der Waals surface area contributed by atoms with Crippen molar-refractivity contribution in [2.24, 2.45) is 0 Å². The van der Waals surface area contributed by atoms with Gasteiger partial charge in [-0.15, -0.1) is 0 Å². The molecule has 2 heterocycles. The van der Waals surface area contributed by atoms with Crippen molar-refractivity contribution < 1.29 is 5.11 Å². The van der Waals surface area contributed by atoms with Gasteiger partial charge in [0.25, 0.3) is 0 Å². The first-order valence-corrected chi connectivity index (χ1v) is 5.66. The number of aliphatic hydroxyl groups excluding tert-OH is 1. The van der Waals surface area contributed by atoms with Gasteiger partial charge in [0.15, 0.2) is 0 Å². The van der Waals surface area contributed by atoms with Crippen LogP contribution in [0.1, 0.15) is 30.9 Å². The number of nitrogens with zero attached hydrogens (tertiary/aromatic N) is 2. The quantitative estimate of drug-likeness (QED) is 0.816. The van der Waals surface area contributed by atoms with Gasteiger partial charge in [0.2, 0.25) is 0 Å². The second-order valence-electron chi connectivity index (χ2n) is 4.08. The number of likely N-dealkylation sites (tertiary alicyclic amines) is 1. The summed E-state index contributed by atoms with van der Waals surface area (Å²) in [6.45, 7) is 2.38. The lowest BCUT2D eigenvalue weighted by atomic mass is 10.0. The first-order chi connectivity index (χ1) is 7.42. The van der Waals surface area contributed by atoms with E-state index in [1.165, 1.54) is 19.3 Å². The summed E-state index contributed by atoms with van der Waals surface area (Å²) < 4.78 is 0. The Morgan fingerprint density at radius 2 is 2.13 bits per heavy atom. The van der Waals surface area contributed by atoms with E-state index in [0.717, 1.165) is 18.7 Å². The van der Waals surface area contributed by atoms with Gasteiger partial charge < -0.3 is 5.11 Å². The van der Waals surface area contributed by atoms with Crippen LogP contribution < -0.4 is 0 Å². The molecule has 0 unspecified atom stereocenters. The first-order valence-electron chi connectivity index (χ1n) is 5.66. The molecule has 0 saturated carbocycles. The van der Waals surface area contributed by atoms with Gasteiger partial charge in [-0.1, -0.05) is 12.5 Å². The van der Waals surface area contributed by atoms with E-state index in [0.29, 0.717) is 0 Å². The fourth-order valence-corrected chi connectivity index (χ4v) is 2.23. The summed E-state index contributed by atoms with van der Waals surface area (Å²) in [5.74, 6) is 0. The van der Waals surface area contributed by atoms with E-state index in [9.17, 15) is 5.11 Å². The van der Waals surface area contributed by atoms with Crippen molar-refractivity contribution in [1.82, 2.24) is 9.88 Å². The lowest BCUT2D eigenvalue weighted by Crippen LogP contribution is -2.35. The lowest BCUT2D eigenvalue weighted by molar-refractivity contribution is 0.104. The highest BCUT2D eigenvalue weighted by Gasteiger charge is 2.21. The predicted molar refractivity (Wildman–Crippen MR) is 59.5 cm³/mol. The Morgan fingerprint density at radius 1 is 1.33 bits per heavy atom. The third kappa shape index (κ3) is 2.55. The van der Waals surface area contributed by atoms with E-state index in [1.807, 2.05) is 18.3 Å². The molecule has 1 fully saturated rings. The smallest absolute Gasteiger partial charge is 0.0629 e. The number of piperidine rings is 1. The van der Waals surface area contributed by atoms with Crippen molar-refractivity contribution in [2.45, 2.75) is 25.3 Å². The van der Waals surface area contributed by atoms with Crippen LogP contribution in [-0.2, 0) is 0 Å². The second-order valence-corrected chi connectivity index (χ2v) is 4.08. The number of pyridine rings is 1. The molecule has 1 aromatic rings. The summed E-state index contributed by atoms with van der Waals surface area (Å²) in [6, 6.07) is 4.11. The molecule has 0 amide bonds. The maximum Gasteiger partial charge on any atom is 0.0629 e. The zero-order chi connectivity index (χ0) is 10.5. The van der Waals surface area contributed by atoms with Crippen molar-refractivity contribution >= 4 is 0 Å². The third-order valence-corrected chi connectivity index (χ3v) is 3.07. The number of aromatic nitrogens is 1. The minimum absolute atomic E-state index is 0.138. The zero-order valence-corrected chi connectivity index (χ0v) is 8.97. The maximum absolute atomic E-state index is 9.46. The summed E-state index contributed by atoms with van der Waals surface area (Å²) >= 11 is 0. The predicted octanol–water partition coefficient (Wildman–Crippen LogP) is 1.60. The van der Waals surface area contributed by atoms with Crippen LogP contribution in [0.2, 0.25) is 0 Å². The number of rotatable bonds is 3. The monoisotopic (exact) mass is 206 g/mol. The van der Waals surface area contributed by atoms with Gasteiger partial charge in [0, 0.05) is 12.4 Å². The van der Waals surface area contributed by atoms with E-state index in [-0.39, 0.29) is 12.6 Å². The van der Waals surface area contributed by atoms with Crippen molar-refractivity contribution in [2.75, 3.05) is 19.7 Å². The van der Waals surface area contributed by atoms with Crippen molar-refractivity contribution in [3.05, 3.63) is 30.1 Å². The molecule has 1 aromatic heterocycles. The average molecular weight is 206 g/mol. The Kier molecular flexibility index (Phi) is 3.69. The third-order valence-electron chi connectivity index (χ3n) is 3.07. The topological polar surface area (TPSA) is 36.4 Å². The van der Waals surface area contributed by atoms with Gasteiger partial charge in [0.05, 0.1) is 12.6 Å². The van der Waals surface area contributed by atoms with E-state index >= 15 is 0 Å². The van der Waals surface area contributed by atoms with Crippen LogP contribution in [0, 0.1) is 0 Å². The fourth-order valence-electron chi connectivity index (χ4n) is 2.23. The maximum atomic E-state index is 9.46. The summed E-state index contributed by atoms with van der Waals surface area (Å²) in [4.78, 5) is 6.47. The Hall–Kier alpha value is -0.930. The summed E-state index contributed by atoms with van der Waals surface area (Å²) in [7, 11) is 0. The Bertz CT molecular complexity index is 283. The molecule has 0 bridgehead atoms. The molecular formula is C12H18N2O. The van der Waals surface area contributed by atoms with E-state index in [4.69, 9.17) is 0 Å². The van der Waals surface area contributed by atoms with Crippen LogP contribution in [-0.4, -0.2) is 34.7 Å². The lowest BCUT2D eigenvalue weighted by Gasteiger charge is -2.33. The van der Waals surface area contributed by atoms with Gasteiger partial charge in [-0.25, -0.2) is 0 Å². The second kappa shape index (κ2) is 5.24. The Balaban J connectivity index is 2.09. The largest absolute Gasteiger partial charge is 0.394 e. The first kappa shape index (κ1) is 10.6. The molecule has 0 aliphatic carbocycles. The molecule has 1 aliphatic rings. The molecular weight excluding hydrogens is 188 g/mol. The highest BCUT2D eigenvalue weighted by molar-refractivity contribution is 5.14. The highest BCUT2D eigenvalue weighted by atomic mass is 16.3. The van der Waals surface area contributed by atoms with Crippen LogP contribution in [0.3, 0.4) is 0 Å². The van der Waals surface area contributed by atoms with Crippen molar-refractivity contribution in [3.63, 3.8) is 0 Å². The van der Waals surface area contributed by atoms with Crippen molar-refractivity contribution in [3.8, 4) is 0 Å². The molecule has 0 aromatic carbocycles. The van der Waals surface area contributed by atoms with Crippen LogP contribution in [0.5, 0.6) is 0 Å². The molecule has 0 radical (unpaired) electrons. The molecule has 3 heteroatoms. The number of hydrogen-bond acceptors (Lipinski definition) is 3. The molecule has 15 heavy (non-hydrogen) atoms. The molecule has 1 aliphatic heterocycles. The van der Waals surface area contributed by atoms with Crippen LogP contribution in [0.15, 0.2) is 24.5 Å². The number of hydrogen-bond donors (Lipinski definition) is 1. The van der Waals surface area contributed by atoms with Gasteiger partial charge in [0.1, 0.15) is 0 Å². The molecule has 2 rings (SSSR count). The van der Waals surface area contributed by atoms with Crippen LogP contribution in [0.25, 0.3) is 0 Å². The molecule has 1 N–H and O–H groups in total. The van der Waals surface area contributed by atoms with Crippen molar-refractivity contribution in [1.29, 1.82) is 0 Å².